The largest absolute Gasteiger partial charge is 0.373 e. The molecule has 4 heteroatoms. The predicted octanol–water partition coefficient (Wildman–Crippen LogP) is 3.27. The lowest BCUT2D eigenvalue weighted by Crippen LogP contribution is -2.44. The highest BCUT2D eigenvalue weighted by molar-refractivity contribution is 5.78. The van der Waals surface area contributed by atoms with Crippen LogP contribution in [0.3, 0.4) is 0 Å². The molecule has 0 unspecified atom stereocenters. The van der Waals surface area contributed by atoms with Gasteiger partial charge in [0.15, 0.2) is 0 Å². The lowest BCUT2D eigenvalue weighted by atomic mass is 9.93. The summed E-state index contributed by atoms with van der Waals surface area (Å²) in [4.78, 5) is 14.6. The normalized spacial score (nSPS) is 27.2. The van der Waals surface area contributed by atoms with E-state index in [1.165, 1.54) is 5.56 Å². The summed E-state index contributed by atoms with van der Waals surface area (Å²) in [5, 5.41) is 3.08. The van der Waals surface area contributed by atoms with Crippen LogP contribution in [0.1, 0.15) is 44.2 Å². The van der Waals surface area contributed by atoms with Gasteiger partial charge in [-0.2, -0.15) is 0 Å². The minimum Gasteiger partial charge on any atom is -0.373 e. The Labute approximate surface area is 151 Å². The first-order valence-corrected chi connectivity index (χ1v) is 9.48. The number of amides is 1. The molecular formula is C21H30N2O2. The van der Waals surface area contributed by atoms with E-state index in [1.54, 1.807) is 0 Å². The average molecular weight is 342 g/mol. The maximum atomic E-state index is 12.2. The number of nitrogens with one attached hydrogen (secondary N) is 1. The second-order valence-corrected chi connectivity index (χ2v) is 7.47. The van der Waals surface area contributed by atoms with Crippen LogP contribution in [0.15, 0.2) is 36.4 Å². The molecule has 1 aliphatic carbocycles. The standard InChI is InChI=1S/C21H30N2O2/c1-16-13-23(14-17(2)25-16)15-19-10-8-18(9-11-19)12-22-21(24)20-6-4-3-5-7-20/h3-4,8-11,16-17,20H,5-7,12-15H2,1-2H3,(H,22,24)/t16-,17+,20-/m0/s1. The summed E-state index contributed by atoms with van der Waals surface area (Å²) in [7, 11) is 0. The number of ether oxygens (including phenoxy) is 1. The van der Waals surface area contributed by atoms with Crippen molar-refractivity contribution in [3.05, 3.63) is 47.5 Å². The molecule has 0 spiro atoms. The number of benzene rings is 1. The molecule has 3 rings (SSSR count). The van der Waals surface area contributed by atoms with Crippen molar-refractivity contribution >= 4 is 5.91 Å². The summed E-state index contributed by atoms with van der Waals surface area (Å²) >= 11 is 0. The first kappa shape index (κ1) is 18.2. The molecule has 0 aromatic heterocycles. The first-order valence-electron chi connectivity index (χ1n) is 9.48. The van der Waals surface area contributed by atoms with Crippen LogP contribution < -0.4 is 5.32 Å². The minimum atomic E-state index is 0.148. The third-order valence-electron chi connectivity index (χ3n) is 5.03. The Kier molecular flexibility index (Phi) is 6.27. The molecule has 3 atom stereocenters. The highest BCUT2D eigenvalue weighted by Crippen LogP contribution is 2.18. The zero-order chi connectivity index (χ0) is 17.6. The quantitative estimate of drug-likeness (QED) is 0.835. The first-order chi connectivity index (χ1) is 12.1. The molecular weight excluding hydrogens is 312 g/mol. The number of rotatable bonds is 5. The molecule has 1 aromatic rings. The molecule has 1 fully saturated rings. The van der Waals surface area contributed by atoms with E-state index in [0.717, 1.165) is 44.5 Å². The molecule has 25 heavy (non-hydrogen) atoms. The van der Waals surface area contributed by atoms with Gasteiger partial charge in [0.1, 0.15) is 0 Å². The summed E-state index contributed by atoms with van der Waals surface area (Å²) in [6.45, 7) is 7.81. The van der Waals surface area contributed by atoms with Gasteiger partial charge in [0, 0.05) is 32.1 Å². The maximum absolute atomic E-state index is 12.2. The summed E-state index contributed by atoms with van der Waals surface area (Å²) < 4.78 is 5.79. The fraction of sp³-hybridized carbons (Fsp3) is 0.571. The van der Waals surface area contributed by atoms with Gasteiger partial charge in [-0.25, -0.2) is 0 Å². The second-order valence-electron chi connectivity index (χ2n) is 7.47. The van der Waals surface area contributed by atoms with Gasteiger partial charge in [-0.05, 0) is 44.2 Å². The number of hydrogen-bond acceptors (Lipinski definition) is 3. The summed E-state index contributed by atoms with van der Waals surface area (Å²) in [6, 6.07) is 8.61. The van der Waals surface area contributed by atoms with Crippen molar-refractivity contribution in [2.45, 2.75) is 58.4 Å². The number of nitrogens with zero attached hydrogens (tertiary/aromatic N) is 1. The molecule has 1 aliphatic heterocycles. The van der Waals surface area contributed by atoms with Gasteiger partial charge in [0.25, 0.3) is 0 Å². The number of carbonyl (C=O) groups excluding carboxylic acids is 1. The lowest BCUT2D eigenvalue weighted by molar-refractivity contribution is -0.125. The highest BCUT2D eigenvalue weighted by atomic mass is 16.5. The fourth-order valence-corrected chi connectivity index (χ4v) is 3.80. The third kappa shape index (κ3) is 5.41. The third-order valence-corrected chi connectivity index (χ3v) is 5.03. The zero-order valence-electron chi connectivity index (χ0n) is 15.4. The number of allylic oxidation sites excluding steroid dienone is 2. The van der Waals surface area contributed by atoms with Crippen molar-refractivity contribution in [2.24, 2.45) is 5.92 Å². The van der Waals surface area contributed by atoms with Crippen LogP contribution in [0, 0.1) is 5.92 Å². The van der Waals surface area contributed by atoms with Crippen LogP contribution in [0.2, 0.25) is 0 Å². The molecule has 0 bridgehead atoms. The SMILES string of the molecule is C[C@@H]1CN(Cc2ccc(CNC(=O)[C@H]3CC=CCC3)cc2)C[C@H](C)O1. The predicted molar refractivity (Wildman–Crippen MR) is 100 cm³/mol. The number of hydrogen-bond donors (Lipinski definition) is 1. The van der Waals surface area contributed by atoms with E-state index in [0.29, 0.717) is 18.8 Å². The van der Waals surface area contributed by atoms with Crippen molar-refractivity contribution < 1.29 is 9.53 Å². The Bertz CT molecular complexity index is 586. The van der Waals surface area contributed by atoms with E-state index < -0.39 is 0 Å². The van der Waals surface area contributed by atoms with Gasteiger partial charge < -0.3 is 10.1 Å². The summed E-state index contributed by atoms with van der Waals surface area (Å²) in [5.74, 6) is 0.333. The van der Waals surface area contributed by atoms with Gasteiger partial charge in [0.2, 0.25) is 5.91 Å². The molecule has 0 radical (unpaired) electrons. The Balaban J connectivity index is 1.47. The molecule has 0 saturated carbocycles. The van der Waals surface area contributed by atoms with E-state index in [2.05, 4.69) is 60.5 Å². The van der Waals surface area contributed by atoms with E-state index in [9.17, 15) is 4.79 Å². The van der Waals surface area contributed by atoms with Crippen molar-refractivity contribution in [2.75, 3.05) is 13.1 Å². The average Bonchev–Trinajstić information content (AvgIpc) is 2.61. The second kappa shape index (κ2) is 8.63. The molecule has 1 saturated heterocycles. The molecule has 1 aromatic carbocycles. The van der Waals surface area contributed by atoms with Crippen LogP contribution in [0.5, 0.6) is 0 Å². The monoisotopic (exact) mass is 342 g/mol. The summed E-state index contributed by atoms with van der Waals surface area (Å²) in [5.41, 5.74) is 2.47. The van der Waals surface area contributed by atoms with Crippen LogP contribution in [0.4, 0.5) is 0 Å². The van der Waals surface area contributed by atoms with Gasteiger partial charge in [-0.15, -0.1) is 0 Å². The molecule has 1 heterocycles. The van der Waals surface area contributed by atoms with E-state index in [-0.39, 0.29) is 11.8 Å². The highest BCUT2D eigenvalue weighted by Gasteiger charge is 2.22. The number of morpholine rings is 1. The van der Waals surface area contributed by atoms with E-state index in [1.807, 2.05) is 0 Å². The Hall–Kier alpha value is -1.65. The fourth-order valence-electron chi connectivity index (χ4n) is 3.80. The maximum Gasteiger partial charge on any atom is 0.223 e. The van der Waals surface area contributed by atoms with Gasteiger partial charge in [-0.3, -0.25) is 9.69 Å². The van der Waals surface area contributed by atoms with Crippen LogP contribution >= 0.6 is 0 Å². The molecule has 2 aliphatic rings. The van der Waals surface area contributed by atoms with Crippen LogP contribution in [-0.2, 0) is 22.6 Å². The lowest BCUT2D eigenvalue weighted by Gasteiger charge is -2.35. The van der Waals surface area contributed by atoms with Gasteiger partial charge in [0.05, 0.1) is 12.2 Å². The Morgan fingerprint density at radius 1 is 1.12 bits per heavy atom. The van der Waals surface area contributed by atoms with Crippen molar-refractivity contribution in [1.29, 1.82) is 0 Å². The van der Waals surface area contributed by atoms with Crippen molar-refractivity contribution in [1.82, 2.24) is 10.2 Å². The molecule has 4 nitrogen and oxygen atoms in total. The minimum absolute atomic E-state index is 0.148. The molecule has 1 amide bonds. The molecule has 1 N–H and O–H groups in total. The summed E-state index contributed by atoms with van der Waals surface area (Å²) in [6.07, 6.45) is 7.75. The zero-order valence-corrected chi connectivity index (χ0v) is 15.4. The van der Waals surface area contributed by atoms with Crippen LogP contribution in [-0.4, -0.2) is 36.1 Å². The van der Waals surface area contributed by atoms with Crippen molar-refractivity contribution in [3.8, 4) is 0 Å². The van der Waals surface area contributed by atoms with Gasteiger partial charge >= 0.3 is 0 Å². The number of carbonyl (C=O) groups is 1. The topological polar surface area (TPSA) is 41.6 Å². The molecule has 136 valence electrons. The van der Waals surface area contributed by atoms with Crippen molar-refractivity contribution in [3.63, 3.8) is 0 Å². The Morgan fingerprint density at radius 2 is 1.80 bits per heavy atom. The van der Waals surface area contributed by atoms with Gasteiger partial charge in [-0.1, -0.05) is 36.4 Å². The van der Waals surface area contributed by atoms with E-state index in [4.69, 9.17) is 4.74 Å². The smallest absolute Gasteiger partial charge is 0.223 e. The van der Waals surface area contributed by atoms with E-state index >= 15 is 0 Å². The van der Waals surface area contributed by atoms with Crippen LogP contribution in [0.25, 0.3) is 0 Å². The Morgan fingerprint density at radius 3 is 2.44 bits per heavy atom.